The molecule has 2 aromatic carbocycles. The van der Waals surface area contributed by atoms with Crippen molar-refractivity contribution in [2.24, 2.45) is 5.73 Å². The number of carbonyl (C=O) groups is 1. The Morgan fingerprint density at radius 2 is 1.14 bits per heavy atom. The standard InChI is InChI=1S/C12H12N2O2S.C2H5NO2/c13-9-1-5-11(6-2-9)17(15,16)12-7-3-10(14)4-8-12;3-1-2(4)5/h1-8H,13-14H2;1,3H2,(H,4,5). The molecule has 0 saturated heterocycles. The number of hydrogen-bond donors (Lipinski definition) is 4. The highest BCUT2D eigenvalue weighted by molar-refractivity contribution is 7.91. The zero-order valence-corrected chi connectivity index (χ0v) is 12.5. The van der Waals surface area contributed by atoms with E-state index in [-0.39, 0.29) is 16.3 Å². The Balaban J connectivity index is 0.000000422. The molecule has 0 saturated carbocycles. The molecule has 0 amide bonds. The van der Waals surface area contributed by atoms with Gasteiger partial charge in [-0.2, -0.15) is 0 Å². The first kappa shape index (κ1) is 17.5. The number of aliphatic carboxylic acids is 1. The molecule has 0 heterocycles. The van der Waals surface area contributed by atoms with E-state index in [9.17, 15) is 13.2 Å². The van der Waals surface area contributed by atoms with Gasteiger partial charge in [0.05, 0.1) is 16.3 Å². The van der Waals surface area contributed by atoms with Gasteiger partial charge in [-0.15, -0.1) is 0 Å². The molecule has 0 aliphatic carbocycles. The number of sulfone groups is 1. The predicted octanol–water partition coefficient (Wildman–Crippen LogP) is 0.714. The predicted molar refractivity (Wildman–Crippen MR) is 83.9 cm³/mol. The molecule has 0 spiro atoms. The lowest BCUT2D eigenvalue weighted by Gasteiger charge is -2.05. The minimum atomic E-state index is -3.48. The molecular formula is C14H17N3O4S. The normalized spacial score (nSPS) is 10.4. The van der Waals surface area contributed by atoms with E-state index in [0.29, 0.717) is 11.4 Å². The van der Waals surface area contributed by atoms with Crippen molar-refractivity contribution in [1.29, 1.82) is 0 Å². The Bertz CT molecular complexity index is 674. The molecule has 0 aliphatic rings. The molecule has 0 aliphatic heterocycles. The third kappa shape index (κ3) is 4.76. The van der Waals surface area contributed by atoms with Crippen LogP contribution in [0.1, 0.15) is 0 Å². The second-order valence-corrected chi connectivity index (χ2v) is 6.19. The first-order chi connectivity index (χ1) is 10.3. The molecule has 8 heteroatoms. The van der Waals surface area contributed by atoms with E-state index in [1.165, 1.54) is 24.3 Å². The summed E-state index contributed by atoms with van der Waals surface area (Å²) >= 11 is 0. The van der Waals surface area contributed by atoms with Crippen molar-refractivity contribution in [2.45, 2.75) is 9.79 Å². The van der Waals surface area contributed by atoms with E-state index in [1.54, 1.807) is 24.3 Å². The maximum absolute atomic E-state index is 12.2. The minimum Gasteiger partial charge on any atom is -0.480 e. The maximum Gasteiger partial charge on any atom is 0.317 e. The highest BCUT2D eigenvalue weighted by Crippen LogP contribution is 2.22. The number of benzene rings is 2. The molecule has 0 aromatic heterocycles. The quantitative estimate of drug-likeness (QED) is 0.607. The Kier molecular flexibility index (Phi) is 5.90. The summed E-state index contributed by atoms with van der Waals surface area (Å²) in [6.07, 6.45) is 0. The summed E-state index contributed by atoms with van der Waals surface area (Å²) in [6.45, 7) is -0.278. The topological polar surface area (TPSA) is 150 Å². The average molecular weight is 323 g/mol. The van der Waals surface area contributed by atoms with Crippen molar-refractivity contribution in [3.63, 3.8) is 0 Å². The van der Waals surface area contributed by atoms with Crippen LogP contribution in [0.2, 0.25) is 0 Å². The Labute approximate surface area is 128 Å². The molecule has 0 unspecified atom stereocenters. The van der Waals surface area contributed by atoms with Gasteiger partial charge in [-0.3, -0.25) is 4.79 Å². The van der Waals surface area contributed by atoms with Gasteiger partial charge in [0.15, 0.2) is 0 Å². The third-order valence-corrected chi connectivity index (χ3v) is 4.34. The number of hydrogen-bond acceptors (Lipinski definition) is 6. The van der Waals surface area contributed by atoms with Crippen molar-refractivity contribution < 1.29 is 18.3 Å². The van der Waals surface area contributed by atoms with Crippen molar-refractivity contribution in [2.75, 3.05) is 18.0 Å². The highest BCUT2D eigenvalue weighted by Gasteiger charge is 2.16. The highest BCUT2D eigenvalue weighted by atomic mass is 32.2. The summed E-state index contributed by atoms with van der Waals surface area (Å²) in [5, 5.41) is 7.60. The lowest BCUT2D eigenvalue weighted by molar-refractivity contribution is -0.135. The van der Waals surface area contributed by atoms with Crippen LogP contribution < -0.4 is 17.2 Å². The molecule has 0 fully saturated rings. The molecule has 7 nitrogen and oxygen atoms in total. The summed E-state index contributed by atoms with van der Waals surface area (Å²) in [6, 6.07) is 12.2. The maximum atomic E-state index is 12.2. The van der Waals surface area contributed by atoms with Crippen LogP contribution in [-0.2, 0) is 14.6 Å². The molecule has 118 valence electrons. The van der Waals surface area contributed by atoms with Gasteiger partial charge in [-0.1, -0.05) is 0 Å². The molecule has 22 heavy (non-hydrogen) atoms. The van der Waals surface area contributed by atoms with Crippen molar-refractivity contribution in [3.05, 3.63) is 48.5 Å². The fourth-order valence-electron chi connectivity index (χ4n) is 1.43. The van der Waals surface area contributed by atoms with Crippen LogP contribution in [0, 0.1) is 0 Å². The number of nitrogens with two attached hydrogens (primary N) is 3. The number of nitrogen functional groups attached to an aromatic ring is 2. The van der Waals surface area contributed by atoms with Crippen LogP contribution in [0.4, 0.5) is 11.4 Å². The fourth-order valence-corrected chi connectivity index (χ4v) is 2.69. The average Bonchev–Trinajstić information content (AvgIpc) is 2.48. The molecule has 0 radical (unpaired) electrons. The summed E-state index contributed by atoms with van der Waals surface area (Å²) in [5.41, 5.74) is 16.7. The van der Waals surface area contributed by atoms with E-state index in [4.69, 9.17) is 16.6 Å². The van der Waals surface area contributed by atoms with Crippen LogP contribution in [0.25, 0.3) is 0 Å². The van der Waals surface area contributed by atoms with Gasteiger partial charge < -0.3 is 22.3 Å². The van der Waals surface area contributed by atoms with Gasteiger partial charge in [0.2, 0.25) is 9.84 Å². The summed E-state index contributed by atoms with van der Waals surface area (Å²) in [5.74, 6) is -0.968. The van der Waals surface area contributed by atoms with Gasteiger partial charge in [0, 0.05) is 11.4 Å². The van der Waals surface area contributed by atoms with Gasteiger partial charge in [0.25, 0.3) is 0 Å². The zero-order valence-electron chi connectivity index (χ0n) is 11.6. The monoisotopic (exact) mass is 323 g/mol. The van der Waals surface area contributed by atoms with E-state index in [0.717, 1.165) is 0 Å². The van der Waals surface area contributed by atoms with Crippen molar-refractivity contribution >= 4 is 27.2 Å². The largest absolute Gasteiger partial charge is 0.480 e. The number of carboxylic acids is 1. The Morgan fingerprint density at radius 1 is 0.864 bits per heavy atom. The van der Waals surface area contributed by atoms with E-state index in [2.05, 4.69) is 5.73 Å². The number of anilines is 2. The number of carboxylic acid groups (broad SMARTS) is 1. The van der Waals surface area contributed by atoms with Gasteiger partial charge in [-0.25, -0.2) is 8.42 Å². The molecule has 2 rings (SSSR count). The molecule has 0 bridgehead atoms. The van der Waals surface area contributed by atoms with E-state index < -0.39 is 15.8 Å². The smallest absolute Gasteiger partial charge is 0.317 e. The van der Waals surface area contributed by atoms with Crippen LogP contribution in [-0.4, -0.2) is 26.0 Å². The molecule has 2 aromatic rings. The summed E-state index contributed by atoms with van der Waals surface area (Å²) in [7, 11) is -3.48. The minimum absolute atomic E-state index is 0.219. The van der Waals surface area contributed by atoms with Crippen LogP contribution in [0.15, 0.2) is 58.3 Å². The molecule has 7 N–H and O–H groups in total. The van der Waals surface area contributed by atoms with Gasteiger partial charge in [0.1, 0.15) is 0 Å². The van der Waals surface area contributed by atoms with Crippen LogP contribution in [0.5, 0.6) is 0 Å². The van der Waals surface area contributed by atoms with Crippen LogP contribution in [0.3, 0.4) is 0 Å². The second-order valence-electron chi connectivity index (χ2n) is 4.24. The van der Waals surface area contributed by atoms with Gasteiger partial charge >= 0.3 is 5.97 Å². The lowest BCUT2D eigenvalue weighted by Crippen LogP contribution is -2.10. The zero-order chi connectivity index (χ0) is 16.8. The summed E-state index contributed by atoms with van der Waals surface area (Å²) in [4.78, 5) is 9.68. The summed E-state index contributed by atoms with van der Waals surface area (Å²) < 4.78 is 24.3. The lowest BCUT2D eigenvalue weighted by atomic mass is 10.3. The second kappa shape index (κ2) is 7.43. The van der Waals surface area contributed by atoms with Crippen molar-refractivity contribution in [3.8, 4) is 0 Å². The first-order valence-electron chi connectivity index (χ1n) is 6.15. The Morgan fingerprint density at radius 3 is 1.36 bits per heavy atom. The molecule has 0 atom stereocenters. The van der Waals surface area contributed by atoms with E-state index in [1.807, 2.05) is 0 Å². The van der Waals surface area contributed by atoms with Crippen LogP contribution >= 0.6 is 0 Å². The van der Waals surface area contributed by atoms with Gasteiger partial charge in [-0.05, 0) is 48.5 Å². The third-order valence-electron chi connectivity index (χ3n) is 2.56. The SMILES string of the molecule is NCC(=O)O.Nc1ccc(S(=O)(=O)c2ccc(N)cc2)cc1. The van der Waals surface area contributed by atoms with E-state index >= 15 is 0 Å². The first-order valence-corrected chi connectivity index (χ1v) is 7.63. The number of rotatable bonds is 3. The molecular weight excluding hydrogens is 306 g/mol. The van der Waals surface area contributed by atoms with Crippen molar-refractivity contribution in [1.82, 2.24) is 0 Å². The Hall–Kier alpha value is -2.58. The fraction of sp³-hybridized carbons (Fsp3) is 0.0714.